The highest BCUT2D eigenvalue weighted by Crippen LogP contribution is 2.36. The Morgan fingerprint density at radius 1 is 1.44 bits per heavy atom. The summed E-state index contributed by atoms with van der Waals surface area (Å²) in [6.45, 7) is 11.0. The van der Waals surface area contributed by atoms with Crippen LogP contribution in [0.2, 0.25) is 0 Å². The molecule has 0 saturated carbocycles. The molecular formula is C20H26O5. The summed E-state index contributed by atoms with van der Waals surface area (Å²) >= 11 is 0. The maximum Gasteiger partial charge on any atom is 0.334 e. The van der Waals surface area contributed by atoms with Crippen molar-refractivity contribution in [3.8, 4) is 0 Å². The van der Waals surface area contributed by atoms with Crippen LogP contribution in [0.5, 0.6) is 0 Å². The number of allylic oxidation sites excluding steroid dienone is 3. The third-order valence-corrected chi connectivity index (χ3v) is 4.85. The van der Waals surface area contributed by atoms with Gasteiger partial charge < -0.3 is 14.6 Å². The fourth-order valence-electron chi connectivity index (χ4n) is 3.07. The van der Waals surface area contributed by atoms with Crippen LogP contribution in [-0.4, -0.2) is 35.4 Å². The molecule has 136 valence electrons. The lowest BCUT2D eigenvalue weighted by atomic mass is 9.84. The number of aliphatic hydroxyl groups excluding tert-OH is 1. The summed E-state index contributed by atoms with van der Waals surface area (Å²) in [5.41, 5.74) is 2.44. The Hall–Kier alpha value is -2.14. The van der Waals surface area contributed by atoms with Gasteiger partial charge in [0.15, 0.2) is 0 Å². The molecule has 1 fully saturated rings. The van der Waals surface area contributed by atoms with Crippen LogP contribution in [-0.2, 0) is 19.1 Å². The Morgan fingerprint density at radius 3 is 2.76 bits per heavy atom. The fourth-order valence-corrected chi connectivity index (χ4v) is 3.07. The maximum atomic E-state index is 12.3. The second-order valence-corrected chi connectivity index (χ2v) is 6.71. The van der Waals surface area contributed by atoms with Crippen molar-refractivity contribution in [1.29, 1.82) is 0 Å². The molecule has 1 aliphatic carbocycles. The van der Waals surface area contributed by atoms with Crippen LogP contribution in [0.3, 0.4) is 0 Å². The Morgan fingerprint density at radius 2 is 2.12 bits per heavy atom. The molecule has 0 aromatic rings. The Kier molecular flexibility index (Phi) is 6.01. The summed E-state index contributed by atoms with van der Waals surface area (Å²) < 4.78 is 11.0. The molecule has 25 heavy (non-hydrogen) atoms. The lowest BCUT2D eigenvalue weighted by Crippen LogP contribution is -2.42. The molecule has 1 aliphatic heterocycles. The fraction of sp³-hybridized carbons (Fsp3) is 0.500. The van der Waals surface area contributed by atoms with Crippen molar-refractivity contribution in [3.63, 3.8) is 0 Å². The number of hydrogen-bond acceptors (Lipinski definition) is 5. The highest BCUT2D eigenvalue weighted by Gasteiger charge is 2.47. The van der Waals surface area contributed by atoms with Gasteiger partial charge in [-0.1, -0.05) is 24.3 Å². The van der Waals surface area contributed by atoms with Gasteiger partial charge in [0.2, 0.25) is 0 Å². The van der Waals surface area contributed by atoms with E-state index in [0.29, 0.717) is 11.1 Å². The van der Waals surface area contributed by atoms with Gasteiger partial charge in [-0.15, -0.1) is 0 Å². The van der Waals surface area contributed by atoms with Crippen LogP contribution in [0.15, 0.2) is 47.1 Å². The molecule has 0 bridgehead atoms. The molecule has 0 aromatic heterocycles. The van der Waals surface area contributed by atoms with Crippen LogP contribution < -0.4 is 0 Å². The van der Waals surface area contributed by atoms with Crippen LogP contribution in [0, 0.1) is 5.92 Å². The summed E-state index contributed by atoms with van der Waals surface area (Å²) in [5.74, 6) is -1.66. The minimum absolute atomic E-state index is 0.220. The van der Waals surface area contributed by atoms with Gasteiger partial charge in [-0.25, -0.2) is 9.59 Å². The van der Waals surface area contributed by atoms with Crippen LogP contribution >= 0.6 is 0 Å². The van der Waals surface area contributed by atoms with Crippen molar-refractivity contribution >= 4 is 11.9 Å². The quantitative estimate of drug-likeness (QED) is 0.473. The zero-order valence-corrected chi connectivity index (χ0v) is 15.2. The smallest absolute Gasteiger partial charge is 0.334 e. The monoisotopic (exact) mass is 346 g/mol. The molecule has 5 heteroatoms. The van der Waals surface area contributed by atoms with Crippen LogP contribution in [0.25, 0.3) is 0 Å². The predicted octanol–water partition coefficient (Wildman–Crippen LogP) is 3.01. The van der Waals surface area contributed by atoms with E-state index >= 15 is 0 Å². The number of esters is 2. The molecule has 1 heterocycles. The zero-order valence-electron chi connectivity index (χ0n) is 15.2. The average molecular weight is 346 g/mol. The van der Waals surface area contributed by atoms with Crippen molar-refractivity contribution in [3.05, 3.63) is 47.1 Å². The lowest BCUT2D eigenvalue weighted by molar-refractivity contribution is -0.153. The topological polar surface area (TPSA) is 72.8 Å². The van der Waals surface area contributed by atoms with E-state index in [4.69, 9.17) is 9.47 Å². The van der Waals surface area contributed by atoms with Crippen molar-refractivity contribution < 1.29 is 24.2 Å². The second-order valence-electron chi connectivity index (χ2n) is 6.71. The van der Waals surface area contributed by atoms with E-state index in [-0.39, 0.29) is 5.57 Å². The number of carbonyl (C=O) groups is 2. The van der Waals surface area contributed by atoms with Gasteiger partial charge in [-0.05, 0) is 52.2 Å². The van der Waals surface area contributed by atoms with Crippen molar-refractivity contribution in [1.82, 2.24) is 0 Å². The summed E-state index contributed by atoms with van der Waals surface area (Å²) in [4.78, 5) is 24.3. The molecule has 5 nitrogen and oxygen atoms in total. The van der Waals surface area contributed by atoms with Crippen LogP contribution in [0.4, 0.5) is 0 Å². The van der Waals surface area contributed by atoms with Gasteiger partial charge in [0.25, 0.3) is 0 Å². The standard InChI is InChI=1S/C20H26O5/c1-6-12(3)19(22)25-18-16-14(5)20(23)24-15(16)10-11(2)8-7-9-13(4)17(18)21/h6,9-10,15-18,21H,5,7-8H2,1-4H3/b11-10+,12-6+,13-9+/t15-,16+,17+,18+/m1/s1. The molecular weight excluding hydrogens is 320 g/mol. The largest absolute Gasteiger partial charge is 0.455 e. The minimum Gasteiger partial charge on any atom is -0.455 e. The summed E-state index contributed by atoms with van der Waals surface area (Å²) in [5, 5.41) is 10.8. The molecule has 1 saturated heterocycles. The Balaban J connectivity index is 2.47. The Labute approximate surface area is 148 Å². The molecule has 0 amide bonds. The van der Waals surface area contributed by atoms with E-state index < -0.39 is 36.2 Å². The SMILES string of the molecule is C=C1C(=O)O[C@@H]2/C=C(\C)CC/C=C(\C)[C@H](O)[C@@H](OC(=O)/C(C)=C/C)[C@@H]12. The molecule has 0 aromatic carbocycles. The molecule has 0 spiro atoms. The molecule has 0 radical (unpaired) electrons. The second kappa shape index (κ2) is 7.83. The first-order valence-electron chi connectivity index (χ1n) is 8.52. The molecule has 4 atom stereocenters. The molecule has 0 unspecified atom stereocenters. The molecule has 2 rings (SSSR count). The first-order valence-corrected chi connectivity index (χ1v) is 8.52. The van der Waals surface area contributed by atoms with Crippen molar-refractivity contribution in [2.24, 2.45) is 5.92 Å². The highest BCUT2D eigenvalue weighted by molar-refractivity contribution is 5.92. The van der Waals surface area contributed by atoms with E-state index in [1.165, 1.54) is 0 Å². The normalized spacial score (nSPS) is 35.0. The van der Waals surface area contributed by atoms with Gasteiger partial charge in [0.05, 0.1) is 5.92 Å². The first kappa shape index (κ1) is 19.2. The number of ether oxygens (including phenoxy) is 2. The van der Waals surface area contributed by atoms with E-state index in [2.05, 4.69) is 6.58 Å². The predicted molar refractivity (Wildman–Crippen MR) is 94.6 cm³/mol. The average Bonchev–Trinajstić information content (AvgIpc) is 2.84. The van der Waals surface area contributed by atoms with Gasteiger partial charge in [0, 0.05) is 11.1 Å². The number of rotatable bonds is 2. The van der Waals surface area contributed by atoms with E-state index in [1.807, 2.05) is 19.1 Å². The first-order chi connectivity index (χ1) is 11.8. The van der Waals surface area contributed by atoms with Gasteiger partial charge in [-0.3, -0.25) is 0 Å². The summed E-state index contributed by atoms with van der Waals surface area (Å²) in [6, 6.07) is 0. The van der Waals surface area contributed by atoms with E-state index in [1.54, 1.807) is 26.8 Å². The molecule has 2 aliphatic rings. The lowest BCUT2D eigenvalue weighted by Gasteiger charge is -2.31. The van der Waals surface area contributed by atoms with Gasteiger partial charge >= 0.3 is 11.9 Å². The summed E-state index contributed by atoms with van der Waals surface area (Å²) in [6.07, 6.45) is 4.45. The van der Waals surface area contributed by atoms with Crippen LogP contribution in [0.1, 0.15) is 40.5 Å². The number of carbonyl (C=O) groups excluding carboxylic acids is 2. The summed E-state index contributed by atoms with van der Waals surface area (Å²) in [7, 11) is 0. The number of hydrogen-bond donors (Lipinski definition) is 1. The van der Waals surface area contributed by atoms with Crippen molar-refractivity contribution in [2.75, 3.05) is 0 Å². The number of fused-ring (bicyclic) bond motifs is 1. The maximum absolute atomic E-state index is 12.3. The van der Waals surface area contributed by atoms with Crippen molar-refractivity contribution in [2.45, 2.75) is 58.8 Å². The third-order valence-electron chi connectivity index (χ3n) is 4.85. The number of aliphatic hydroxyl groups is 1. The highest BCUT2D eigenvalue weighted by atomic mass is 16.6. The van der Waals surface area contributed by atoms with E-state index in [0.717, 1.165) is 18.4 Å². The van der Waals surface area contributed by atoms with Gasteiger partial charge in [0.1, 0.15) is 18.3 Å². The zero-order chi connectivity index (χ0) is 18.7. The van der Waals surface area contributed by atoms with E-state index in [9.17, 15) is 14.7 Å². The minimum atomic E-state index is -1.03. The third kappa shape index (κ3) is 4.10. The van der Waals surface area contributed by atoms with Gasteiger partial charge in [-0.2, -0.15) is 0 Å². The Bertz CT molecular complexity index is 668. The molecule has 1 N–H and O–H groups in total.